The highest BCUT2D eigenvalue weighted by Crippen LogP contribution is 2.15. The molecule has 2 rings (SSSR count). The number of rotatable bonds is 4. The molecule has 1 aromatic heterocycles. The first-order chi connectivity index (χ1) is 9.04. The van der Waals surface area contributed by atoms with Crippen molar-refractivity contribution in [3.63, 3.8) is 0 Å². The molecule has 5 heteroatoms. The van der Waals surface area contributed by atoms with Gasteiger partial charge in [-0.15, -0.1) is 0 Å². The average molecular weight is 327 g/mol. The molecule has 2 nitrogen and oxygen atoms in total. The predicted molar refractivity (Wildman–Crippen MR) is 73.7 cm³/mol. The first-order valence-electron chi connectivity index (χ1n) is 5.83. The summed E-state index contributed by atoms with van der Waals surface area (Å²) in [7, 11) is 0. The minimum atomic E-state index is -0.578. The molecule has 0 bridgehead atoms. The molecular formula is C14H13BrF2N2. The van der Waals surface area contributed by atoms with Gasteiger partial charge >= 0.3 is 0 Å². The van der Waals surface area contributed by atoms with Gasteiger partial charge in [0.15, 0.2) is 0 Å². The van der Waals surface area contributed by atoms with Gasteiger partial charge in [0.2, 0.25) is 0 Å². The van der Waals surface area contributed by atoms with Crippen LogP contribution in [0.3, 0.4) is 0 Å². The minimum Gasteiger partial charge on any atom is -0.327 e. The third kappa shape index (κ3) is 4.08. The van der Waals surface area contributed by atoms with E-state index in [2.05, 4.69) is 20.9 Å². The molecule has 0 spiro atoms. The van der Waals surface area contributed by atoms with E-state index in [9.17, 15) is 8.78 Å². The SMILES string of the molecule is NC(Cc1cncc(Br)c1)Cc1ccc(F)cc1F. The topological polar surface area (TPSA) is 38.9 Å². The third-order valence-corrected chi connectivity index (χ3v) is 3.19. The summed E-state index contributed by atoms with van der Waals surface area (Å²) in [4.78, 5) is 4.05. The van der Waals surface area contributed by atoms with Gasteiger partial charge in [-0.3, -0.25) is 4.98 Å². The quantitative estimate of drug-likeness (QED) is 0.936. The summed E-state index contributed by atoms with van der Waals surface area (Å²) in [5.74, 6) is -1.13. The lowest BCUT2D eigenvalue weighted by atomic mass is 10.0. The van der Waals surface area contributed by atoms with Crippen LogP contribution in [0.1, 0.15) is 11.1 Å². The van der Waals surface area contributed by atoms with E-state index in [1.165, 1.54) is 12.1 Å². The largest absolute Gasteiger partial charge is 0.327 e. The van der Waals surface area contributed by atoms with Gasteiger partial charge in [0.1, 0.15) is 11.6 Å². The highest BCUT2D eigenvalue weighted by molar-refractivity contribution is 9.10. The molecule has 0 aliphatic carbocycles. The van der Waals surface area contributed by atoms with Gasteiger partial charge < -0.3 is 5.73 Å². The summed E-state index contributed by atoms with van der Waals surface area (Å²) >= 11 is 3.33. The van der Waals surface area contributed by atoms with E-state index in [4.69, 9.17) is 5.73 Å². The number of nitrogens with zero attached hydrogens (tertiary/aromatic N) is 1. The van der Waals surface area contributed by atoms with Crippen molar-refractivity contribution in [2.45, 2.75) is 18.9 Å². The van der Waals surface area contributed by atoms with Crippen LogP contribution in [0.2, 0.25) is 0 Å². The summed E-state index contributed by atoms with van der Waals surface area (Å²) < 4.78 is 27.2. The molecule has 0 aliphatic rings. The molecule has 100 valence electrons. The first-order valence-corrected chi connectivity index (χ1v) is 6.63. The molecule has 2 N–H and O–H groups in total. The molecule has 1 aromatic carbocycles. The summed E-state index contributed by atoms with van der Waals surface area (Å²) in [5, 5.41) is 0. The Bertz CT molecular complexity index is 575. The standard InChI is InChI=1S/C14H13BrF2N2/c15-11-3-9(7-19-8-11)4-13(18)5-10-1-2-12(16)6-14(10)17/h1-3,6-8,13H,4-5,18H2. The molecule has 0 fully saturated rings. The van der Waals surface area contributed by atoms with Crippen LogP contribution in [0.25, 0.3) is 0 Å². The molecule has 0 radical (unpaired) electrons. The number of aromatic nitrogens is 1. The summed E-state index contributed by atoms with van der Waals surface area (Å²) in [6.07, 6.45) is 4.36. The van der Waals surface area contributed by atoms with E-state index >= 15 is 0 Å². The van der Waals surface area contributed by atoms with Gasteiger partial charge in [-0.1, -0.05) is 6.07 Å². The summed E-state index contributed by atoms with van der Waals surface area (Å²) in [6.45, 7) is 0. The second-order valence-electron chi connectivity index (χ2n) is 4.42. The number of nitrogens with two attached hydrogens (primary N) is 1. The zero-order chi connectivity index (χ0) is 13.8. The second-order valence-corrected chi connectivity index (χ2v) is 5.33. The van der Waals surface area contributed by atoms with Crippen molar-refractivity contribution in [2.75, 3.05) is 0 Å². The van der Waals surface area contributed by atoms with E-state index in [1.807, 2.05) is 6.07 Å². The van der Waals surface area contributed by atoms with Crippen LogP contribution in [0.15, 0.2) is 41.1 Å². The van der Waals surface area contributed by atoms with Crippen molar-refractivity contribution >= 4 is 15.9 Å². The van der Waals surface area contributed by atoms with E-state index in [0.717, 1.165) is 16.1 Å². The monoisotopic (exact) mass is 326 g/mol. The van der Waals surface area contributed by atoms with E-state index in [-0.39, 0.29) is 6.04 Å². The average Bonchev–Trinajstić information content (AvgIpc) is 2.33. The Morgan fingerprint density at radius 1 is 1.16 bits per heavy atom. The van der Waals surface area contributed by atoms with Crippen molar-refractivity contribution in [2.24, 2.45) is 5.73 Å². The van der Waals surface area contributed by atoms with Gasteiger partial charge in [0.05, 0.1) is 0 Å². The molecular weight excluding hydrogens is 314 g/mol. The Hall–Kier alpha value is -1.33. The summed E-state index contributed by atoms with van der Waals surface area (Å²) in [5.41, 5.74) is 7.40. The Morgan fingerprint density at radius 2 is 1.95 bits per heavy atom. The van der Waals surface area contributed by atoms with Crippen LogP contribution in [-0.4, -0.2) is 11.0 Å². The van der Waals surface area contributed by atoms with Crippen molar-refractivity contribution < 1.29 is 8.78 Å². The normalized spacial score (nSPS) is 12.4. The molecule has 0 saturated carbocycles. The fraction of sp³-hybridized carbons (Fsp3) is 0.214. The third-order valence-electron chi connectivity index (χ3n) is 2.76. The number of pyridine rings is 1. The molecule has 0 aliphatic heterocycles. The van der Waals surface area contributed by atoms with Gasteiger partial charge in [-0.05, 0) is 52.0 Å². The number of hydrogen-bond donors (Lipinski definition) is 1. The number of hydrogen-bond acceptors (Lipinski definition) is 2. The van der Waals surface area contributed by atoms with Crippen LogP contribution in [-0.2, 0) is 12.8 Å². The number of benzene rings is 1. The fourth-order valence-corrected chi connectivity index (χ4v) is 2.32. The van der Waals surface area contributed by atoms with Crippen LogP contribution in [0.4, 0.5) is 8.78 Å². The lowest BCUT2D eigenvalue weighted by Gasteiger charge is -2.12. The number of halogens is 3. The maximum Gasteiger partial charge on any atom is 0.129 e. The van der Waals surface area contributed by atoms with Gasteiger partial charge in [0.25, 0.3) is 0 Å². The Morgan fingerprint density at radius 3 is 2.63 bits per heavy atom. The fourth-order valence-electron chi connectivity index (χ4n) is 1.91. The highest BCUT2D eigenvalue weighted by Gasteiger charge is 2.10. The molecule has 1 heterocycles. The van der Waals surface area contributed by atoms with Crippen LogP contribution < -0.4 is 5.73 Å². The molecule has 19 heavy (non-hydrogen) atoms. The van der Waals surface area contributed by atoms with Crippen LogP contribution >= 0.6 is 15.9 Å². The van der Waals surface area contributed by atoms with E-state index in [1.54, 1.807) is 12.4 Å². The van der Waals surface area contributed by atoms with E-state index in [0.29, 0.717) is 18.4 Å². The lowest BCUT2D eigenvalue weighted by molar-refractivity contribution is 0.558. The highest BCUT2D eigenvalue weighted by atomic mass is 79.9. The van der Waals surface area contributed by atoms with Gasteiger partial charge in [-0.25, -0.2) is 8.78 Å². The van der Waals surface area contributed by atoms with Crippen molar-refractivity contribution in [3.05, 3.63) is 63.9 Å². The molecule has 1 atom stereocenters. The molecule has 1 unspecified atom stereocenters. The minimum absolute atomic E-state index is 0.240. The van der Waals surface area contributed by atoms with Gasteiger partial charge in [-0.2, -0.15) is 0 Å². The molecule has 0 amide bonds. The van der Waals surface area contributed by atoms with Crippen LogP contribution in [0, 0.1) is 11.6 Å². The predicted octanol–water partition coefficient (Wildman–Crippen LogP) is 3.23. The lowest BCUT2D eigenvalue weighted by Crippen LogP contribution is -2.26. The van der Waals surface area contributed by atoms with Crippen molar-refractivity contribution in [1.29, 1.82) is 0 Å². The second kappa shape index (κ2) is 6.21. The maximum absolute atomic E-state index is 13.5. The van der Waals surface area contributed by atoms with Crippen molar-refractivity contribution in [3.8, 4) is 0 Å². The Labute approximate surface area is 118 Å². The molecule has 2 aromatic rings. The van der Waals surface area contributed by atoms with Crippen LogP contribution in [0.5, 0.6) is 0 Å². The molecule has 0 saturated heterocycles. The first kappa shape index (κ1) is 14.1. The van der Waals surface area contributed by atoms with E-state index < -0.39 is 11.6 Å². The van der Waals surface area contributed by atoms with Crippen molar-refractivity contribution in [1.82, 2.24) is 4.98 Å². The van der Waals surface area contributed by atoms with Gasteiger partial charge in [0, 0.05) is 29.0 Å². The Balaban J connectivity index is 2.03. The zero-order valence-electron chi connectivity index (χ0n) is 10.1. The zero-order valence-corrected chi connectivity index (χ0v) is 11.7. The smallest absolute Gasteiger partial charge is 0.129 e. The Kier molecular flexibility index (Phi) is 4.61. The maximum atomic E-state index is 13.5. The summed E-state index contributed by atoms with van der Waals surface area (Å²) in [6, 6.07) is 5.24.